The molecule has 4 aromatic rings. The van der Waals surface area contributed by atoms with E-state index in [0.29, 0.717) is 28.5 Å². The van der Waals surface area contributed by atoms with Gasteiger partial charge in [-0.05, 0) is 62.2 Å². The molecule has 36 heavy (non-hydrogen) atoms. The number of aromatic nitrogens is 2. The number of anilines is 2. The molecule has 0 saturated heterocycles. The van der Waals surface area contributed by atoms with Crippen LogP contribution in [-0.2, 0) is 11.3 Å². The summed E-state index contributed by atoms with van der Waals surface area (Å²) in [6, 6.07) is 16.4. The first-order valence-corrected chi connectivity index (χ1v) is 11.4. The van der Waals surface area contributed by atoms with E-state index in [0.717, 1.165) is 11.1 Å². The summed E-state index contributed by atoms with van der Waals surface area (Å²) < 4.78 is 12.5. The predicted octanol–water partition coefficient (Wildman–Crippen LogP) is 4.71. The van der Waals surface area contributed by atoms with Crippen molar-refractivity contribution in [2.75, 3.05) is 17.2 Å². The lowest BCUT2D eigenvalue weighted by Gasteiger charge is -2.14. The molecule has 0 spiro atoms. The highest BCUT2D eigenvalue weighted by atomic mass is 16.5. The average molecular weight is 487 g/mol. The van der Waals surface area contributed by atoms with Gasteiger partial charge >= 0.3 is 12.0 Å². The monoisotopic (exact) mass is 486 g/mol. The number of urea groups is 1. The molecule has 2 aromatic heterocycles. The van der Waals surface area contributed by atoms with Gasteiger partial charge < -0.3 is 20.1 Å². The molecule has 0 radical (unpaired) electrons. The molecule has 0 aliphatic heterocycles. The summed E-state index contributed by atoms with van der Waals surface area (Å²) in [6.45, 7) is 5.84. The van der Waals surface area contributed by atoms with Crippen LogP contribution in [0.5, 0.6) is 5.75 Å². The van der Waals surface area contributed by atoms with E-state index >= 15 is 0 Å². The van der Waals surface area contributed by atoms with Crippen LogP contribution >= 0.6 is 0 Å². The maximum atomic E-state index is 12.6. The van der Waals surface area contributed by atoms with Crippen LogP contribution in [0.1, 0.15) is 34.1 Å². The topological polar surface area (TPSA) is 111 Å². The summed E-state index contributed by atoms with van der Waals surface area (Å²) in [4.78, 5) is 41.7. The Kier molecular flexibility index (Phi) is 7.29. The van der Waals surface area contributed by atoms with Crippen LogP contribution in [0.25, 0.3) is 5.65 Å². The third-order valence-corrected chi connectivity index (χ3v) is 5.37. The summed E-state index contributed by atoms with van der Waals surface area (Å²) in [5.41, 5.74) is 3.79. The third kappa shape index (κ3) is 5.69. The van der Waals surface area contributed by atoms with Crippen LogP contribution in [-0.4, -0.2) is 28.0 Å². The summed E-state index contributed by atoms with van der Waals surface area (Å²) in [5.74, 6) is 0.0162. The SMILES string of the molecule is CCOC(=O)c1ccccc1NC(=O)Nc1ccc(C)c(OCc2cc(=O)n3ccc(C)cc3n2)c1. The molecule has 0 fully saturated rings. The lowest BCUT2D eigenvalue weighted by molar-refractivity contribution is 0.0527. The minimum atomic E-state index is -0.527. The van der Waals surface area contributed by atoms with Crippen molar-refractivity contribution >= 4 is 29.0 Å². The number of nitrogens with zero attached hydrogens (tertiary/aromatic N) is 2. The van der Waals surface area contributed by atoms with Gasteiger partial charge in [0.1, 0.15) is 18.0 Å². The Morgan fingerprint density at radius 3 is 2.61 bits per heavy atom. The zero-order chi connectivity index (χ0) is 25.7. The molecule has 0 saturated carbocycles. The fraction of sp³-hybridized carbons (Fsp3) is 0.185. The lowest BCUT2D eigenvalue weighted by Crippen LogP contribution is -2.21. The normalized spacial score (nSPS) is 10.6. The molecular weight excluding hydrogens is 460 g/mol. The number of carbonyl (C=O) groups excluding carboxylic acids is 2. The van der Waals surface area contributed by atoms with Gasteiger partial charge in [-0.25, -0.2) is 14.6 Å². The molecule has 9 nitrogen and oxygen atoms in total. The standard InChI is InChI=1S/C27H26N4O5/c1-4-35-26(33)21-7-5-6-8-22(21)30-27(34)29-19-10-9-18(3)23(14-19)36-16-20-15-25(32)31-12-11-17(2)13-24(31)28-20/h5-15H,4,16H2,1-3H3,(H2,29,30,34). The average Bonchev–Trinajstić information content (AvgIpc) is 2.84. The Balaban J connectivity index is 1.46. The van der Waals surface area contributed by atoms with Crippen molar-refractivity contribution in [3.8, 4) is 5.75 Å². The molecule has 0 unspecified atom stereocenters. The Labute approximate surface area is 207 Å². The van der Waals surface area contributed by atoms with Crippen molar-refractivity contribution in [1.29, 1.82) is 0 Å². The highest BCUT2D eigenvalue weighted by molar-refractivity contribution is 6.05. The zero-order valence-corrected chi connectivity index (χ0v) is 20.2. The second-order valence-corrected chi connectivity index (χ2v) is 8.13. The van der Waals surface area contributed by atoms with Crippen LogP contribution < -0.4 is 20.9 Å². The smallest absolute Gasteiger partial charge is 0.340 e. The van der Waals surface area contributed by atoms with Crippen molar-refractivity contribution in [2.24, 2.45) is 0 Å². The molecule has 9 heteroatoms. The van der Waals surface area contributed by atoms with E-state index in [4.69, 9.17) is 9.47 Å². The van der Waals surface area contributed by atoms with Crippen molar-refractivity contribution in [1.82, 2.24) is 9.38 Å². The highest BCUT2D eigenvalue weighted by Gasteiger charge is 2.14. The fourth-order valence-corrected chi connectivity index (χ4v) is 3.58. The van der Waals surface area contributed by atoms with Gasteiger partial charge in [0.15, 0.2) is 0 Å². The van der Waals surface area contributed by atoms with E-state index in [9.17, 15) is 14.4 Å². The molecule has 0 aliphatic carbocycles. The molecular formula is C27H26N4O5. The summed E-state index contributed by atoms with van der Waals surface area (Å²) in [7, 11) is 0. The number of hydrogen-bond acceptors (Lipinski definition) is 6. The molecule has 2 amide bonds. The molecule has 2 aromatic carbocycles. The number of hydrogen-bond donors (Lipinski definition) is 2. The Morgan fingerprint density at radius 2 is 1.81 bits per heavy atom. The Morgan fingerprint density at radius 1 is 1.00 bits per heavy atom. The van der Waals surface area contributed by atoms with Crippen LogP contribution in [0.3, 0.4) is 0 Å². The number of amides is 2. The van der Waals surface area contributed by atoms with Gasteiger partial charge in [0.2, 0.25) is 0 Å². The minimum Gasteiger partial charge on any atom is -0.487 e. The van der Waals surface area contributed by atoms with Gasteiger partial charge in [0.05, 0.1) is 23.6 Å². The number of aryl methyl sites for hydroxylation is 2. The predicted molar refractivity (Wildman–Crippen MR) is 137 cm³/mol. The molecule has 0 bridgehead atoms. The molecule has 2 heterocycles. The number of benzene rings is 2. The van der Waals surface area contributed by atoms with Crippen molar-refractivity contribution in [3.63, 3.8) is 0 Å². The minimum absolute atomic E-state index is 0.0864. The third-order valence-electron chi connectivity index (χ3n) is 5.37. The molecule has 0 atom stereocenters. The first-order chi connectivity index (χ1) is 17.3. The molecule has 4 rings (SSSR count). The van der Waals surface area contributed by atoms with Crippen molar-refractivity contribution < 1.29 is 19.1 Å². The van der Waals surface area contributed by atoms with E-state index in [1.807, 2.05) is 32.0 Å². The number of fused-ring (bicyclic) bond motifs is 1. The van der Waals surface area contributed by atoms with E-state index in [2.05, 4.69) is 15.6 Å². The van der Waals surface area contributed by atoms with Crippen molar-refractivity contribution in [3.05, 3.63) is 99.6 Å². The number of carbonyl (C=O) groups is 2. The van der Waals surface area contributed by atoms with Crippen LogP contribution in [0, 0.1) is 13.8 Å². The van der Waals surface area contributed by atoms with Gasteiger partial charge in [0, 0.05) is 24.0 Å². The van der Waals surface area contributed by atoms with Crippen LogP contribution in [0.4, 0.5) is 16.2 Å². The highest BCUT2D eigenvalue weighted by Crippen LogP contribution is 2.24. The lowest BCUT2D eigenvalue weighted by atomic mass is 10.2. The second-order valence-electron chi connectivity index (χ2n) is 8.13. The van der Waals surface area contributed by atoms with Gasteiger partial charge in [-0.15, -0.1) is 0 Å². The number of rotatable bonds is 7. The fourth-order valence-electron chi connectivity index (χ4n) is 3.58. The number of esters is 1. The van der Waals surface area contributed by atoms with E-state index in [-0.39, 0.29) is 24.3 Å². The van der Waals surface area contributed by atoms with E-state index in [1.54, 1.807) is 49.5 Å². The zero-order valence-electron chi connectivity index (χ0n) is 20.2. The first-order valence-electron chi connectivity index (χ1n) is 11.4. The number of ether oxygens (including phenoxy) is 2. The molecule has 184 valence electrons. The summed E-state index contributed by atoms with van der Waals surface area (Å²) >= 11 is 0. The quantitative estimate of drug-likeness (QED) is 0.366. The van der Waals surface area contributed by atoms with E-state index < -0.39 is 12.0 Å². The number of para-hydroxylation sites is 1. The van der Waals surface area contributed by atoms with Gasteiger partial charge in [-0.2, -0.15) is 0 Å². The van der Waals surface area contributed by atoms with Gasteiger partial charge in [0.25, 0.3) is 5.56 Å². The summed E-state index contributed by atoms with van der Waals surface area (Å²) in [6.07, 6.45) is 1.69. The maximum Gasteiger partial charge on any atom is 0.340 e. The largest absolute Gasteiger partial charge is 0.487 e. The van der Waals surface area contributed by atoms with Crippen molar-refractivity contribution in [2.45, 2.75) is 27.4 Å². The van der Waals surface area contributed by atoms with Gasteiger partial charge in [-0.3, -0.25) is 9.20 Å². The summed E-state index contributed by atoms with van der Waals surface area (Å²) in [5, 5.41) is 5.42. The first kappa shape index (κ1) is 24.5. The molecule has 0 aliphatic rings. The van der Waals surface area contributed by atoms with E-state index in [1.165, 1.54) is 10.5 Å². The van der Waals surface area contributed by atoms with Crippen LogP contribution in [0.15, 0.2) is 71.7 Å². The number of pyridine rings is 1. The van der Waals surface area contributed by atoms with Gasteiger partial charge in [-0.1, -0.05) is 18.2 Å². The van der Waals surface area contributed by atoms with Crippen LogP contribution in [0.2, 0.25) is 0 Å². The molecule has 2 N–H and O–H groups in total. The number of nitrogens with one attached hydrogen (secondary N) is 2. The Hall–Kier alpha value is -4.66. The second kappa shape index (κ2) is 10.7. The Bertz CT molecular complexity index is 1500. The maximum absolute atomic E-state index is 12.6.